The summed E-state index contributed by atoms with van der Waals surface area (Å²) in [7, 11) is 0. The van der Waals surface area contributed by atoms with Crippen molar-refractivity contribution in [2.75, 3.05) is 13.2 Å². The van der Waals surface area contributed by atoms with Crippen LogP contribution in [-0.2, 0) is 23.7 Å². The third-order valence-corrected chi connectivity index (χ3v) is 15.8. The van der Waals surface area contributed by atoms with Crippen LogP contribution >= 0.6 is 0 Å². The third-order valence-electron chi connectivity index (χ3n) is 15.8. The summed E-state index contributed by atoms with van der Waals surface area (Å²) >= 11 is 0. The molecule has 4 heterocycles. The molecule has 1 spiro atoms. The summed E-state index contributed by atoms with van der Waals surface area (Å²) in [4.78, 5) is 0. The van der Waals surface area contributed by atoms with Crippen molar-refractivity contribution in [1.29, 1.82) is 0 Å². The maximum atomic E-state index is 11.1. The van der Waals surface area contributed by atoms with Crippen molar-refractivity contribution in [2.24, 2.45) is 46.3 Å². The molecule has 0 amide bonds. The van der Waals surface area contributed by atoms with Gasteiger partial charge >= 0.3 is 0 Å². The van der Waals surface area contributed by atoms with E-state index >= 15 is 0 Å². The van der Waals surface area contributed by atoms with E-state index in [9.17, 15) is 30.6 Å². The van der Waals surface area contributed by atoms with E-state index in [1.54, 1.807) is 6.92 Å². The highest BCUT2D eigenvalue weighted by atomic mass is 16.8. The molecule has 0 aromatic rings. The number of allylic oxidation sites excluding steroid dienone is 1. The van der Waals surface area contributed by atoms with E-state index in [4.69, 9.17) is 23.7 Å². The Labute approximate surface area is 302 Å². The Bertz CT molecular complexity index is 1310. The molecule has 8 rings (SSSR count). The standard InChI is InChI=1S/C39H63NO11/c1-18-8-13-39(40-16-18)19(2)28-26(51-39)15-25-23-7-6-21-14-22(9-11-37(21,4)24(23)10-12-38(25,28)5)48-36-34(32(45)30(43)27(17-41)49-36)50-35-33(46)31(44)29(42)20(3)47-35/h6,18-20,22-36,40-46H,7-17H2,1-5H3. The molecule has 0 aromatic heterocycles. The molecule has 21 atom stereocenters. The summed E-state index contributed by atoms with van der Waals surface area (Å²) in [5, 5.41) is 66.8. The molecule has 4 saturated heterocycles. The van der Waals surface area contributed by atoms with Crippen molar-refractivity contribution in [2.45, 2.75) is 172 Å². The maximum Gasteiger partial charge on any atom is 0.187 e. The van der Waals surface area contributed by atoms with Crippen molar-refractivity contribution in [1.82, 2.24) is 5.32 Å². The number of aliphatic hydroxyl groups excluding tert-OH is 6. The van der Waals surface area contributed by atoms with E-state index in [1.165, 1.54) is 24.8 Å². The minimum atomic E-state index is -1.60. The van der Waals surface area contributed by atoms with E-state index < -0.39 is 68.0 Å². The van der Waals surface area contributed by atoms with Crippen molar-refractivity contribution >= 4 is 0 Å². The first kappa shape index (κ1) is 37.2. The highest BCUT2D eigenvalue weighted by Gasteiger charge is 2.68. The van der Waals surface area contributed by atoms with Gasteiger partial charge in [0, 0.05) is 12.5 Å². The zero-order valence-corrected chi connectivity index (χ0v) is 31.0. The van der Waals surface area contributed by atoms with Crippen molar-refractivity contribution in [3.05, 3.63) is 11.6 Å². The summed E-state index contributed by atoms with van der Waals surface area (Å²) in [6.45, 7) is 11.9. The summed E-state index contributed by atoms with van der Waals surface area (Å²) in [5.41, 5.74) is 1.61. The summed E-state index contributed by atoms with van der Waals surface area (Å²) in [5.74, 6) is 3.68. The lowest BCUT2D eigenvalue weighted by Gasteiger charge is -2.59. The average molecular weight is 722 g/mol. The Morgan fingerprint density at radius 3 is 2.35 bits per heavy atom. The van der Waals surface area contributed by atoms with Crippen molar-refractivity contribution in [3.8, 4) is 0 Å². The normalized spacial score (nSPS) is 58.4. The first-order chi connectivity index (χ1) is 24.2. The lowest BCUT2D eigenvalue weighted by molar-refractivity contribution is -0.369. The van der Waals surface area contributed by atoms with E-state index in [1.807, 2.05) is 0 Å². The summed E-state index contributed by atoms with van der Waals surface area (Å²) < 4.78 is 31.2. The molecule has 3 saturated carbocycles. The predicted octanol–water partition coefficient (Wildman–Crippen LogP) is 1.96. The number of hydrogen-bond donors (Lipinski definition) is 7. The molecule has 4 aliphatic heterocycles. The zero-order valence-electron chi connectivity index (χ0n) is 31.0. The van der Waals surface area contributed by atoms with E-state index in [0.29, 0.717) is 48.0 Å². The van der Waals surface area contributed by atoms with Gasteiger partial charge in [-0.2, -0.15) is 0 Å². The minimum Gasteiger partial charge on any atom is -0.394 e. The van der Waals surface area contributed by atoms with Gasteiger partial charge in [0.05, 0.1) is 24.9 Å². The largest absolute Gasteiger partial charge is 0.394 e. The number of ether oxygens (including phenoxy) is 5. The fourth-order valence-electron chi connectivity index (χ4n) is 12.7. The molecule has 21 unspecified atom stereocenters. The first-order valence-electron chi connectivity index (χ1n) is 20.0. The fraction of sp³-hybridized carbons (Fsp3) is 0.949. The van der Waals surface area contributed by atoms with Gasteiger partial charge in [0.25, 0.3) is 0 Å². The monoisotopic (exact) mass is 721 g/mol. The molecular formula is C39H63NO11. The highest BCUT2D eigenvalue weighted by Crippen LogP contribution is 2.70. The van der Waals surface area contributed by atoms with E-state index in [-0.39, 0.29) is 22.7 Å². The van der Waals surface area contributed by atoms with Gasteiger partial charge < -0.3 is 54.3 Å². The second kappa shape index (κ2) is 13.5. The number of piperidine rings is 1. The smallest absolute Gasteiger partial charge is 0.187 e. The molecule has 7 fully saturated rings. The SMILES string of the molecule is CC1CCC2(NC1)OC1CC3C4CC=C5CC(OC6OC(CO)C(O)C(O)C6OC6OC(C)C(O)C(O)C6O)CCC5(C)C4CCC3(C)C1C2C. The Kier molecular flexibility index (Phi) is 9.83. The van der Waals surface area contributed by atoms with Gasteiger partial charge in [-0.15, -0.1) is 0 Å². The highest BCUT2D eigenvalue weighted by molar-refractivity contribution is 5.26. The van der Waals surface area contributed by atoms with Crippen LogP contribution in [-0.4, -0.2) is 123 Å². The van der Waals surface area contributed by atoms with Crippen LogP contribution in [0.4, 0.5) is 0 Å². The fourth-order valence-corrected chi connectivity index (χ4v) is 12.7. The minimum absolute atomic E-state index is 0.0659. The van der Waals surface area contributed by atoms with Crippen LogP contribution in [0, 0.1) is 46.3 Å². The number of aliphatic hydroxyl groups is 6. The molecule has 8 aliphatic rings. The van der Waals surface area contributed by atoms with Crippen molar-refractivity contribution in [3.63, 3.8) is 0 Å². The topological polar surface area (TPSA) is 180 Å². The van der Waals surface area contributed by atoms with Gasteiger partial charge in [-0.25, -0.2) is 0 Å². The number of rotatable bonds is 5. The van der Waals surface area contributed by atoms with E-state index in [2.05, 4.69) is 39.1 Å². The molecule has 0 bridgehead atoms. The molecule has 0 aromatic carbocycles. The van der Waals surface area contributed by atoms with Crippen LogP contribution in [0.5, 0.6) is 0 Å². The van der Waals surface area contributed by atoms with Gasteiger partial charge in [-0.05, 0) is 105 Å². The van der Waals surface area contributed by atoms with Crippen LogP contribution < -0.4 is 5.32 Å². The van der Waals surface area contributed by atoms with Gasteiger partial charge in [-0.3, -0.25) is 5.32 Å². The maximum absolute atomic E-state index is 11.1. The Balaban J connectivity index is 0.964. The lowest BCUT2D eigenvalue weighted by Crippen LogP contribution is -2.64. The first-order valence-corrected chi connectivity index (χ1v) is 20.0. The Hall–Kier alpha value is -0.740. The van der Waals surface area contributed by atoms with Crippen molar-refractivity contribution < 1.29 is 54.3 Å². The quantitative estimate of drug-likeness (QED) is 0.206. The van der Waals surface area contributed by atoms with Crippen LogP contribution in [0.2, 0.25) is 0 Å². The van der Waals surface area contributed by atoms with Crippen LogP contribution in [0.25, 0.3) is 0 Å². The molecule has 4 aliphatic carbocycles. The summed E-state index contributed by atoms with van der Waals surface area (Å²) in [6.07, 6.45) is -1.26. The predicted molar refractivity (Wildman–Crippen MR) is 184 cm³/mol. The molecule has 51 heavy (non-hydrogen) atoms. The zero-order chi connectivity index (χ0) is 36.2. The molecule has 290 valence electrons. The molecule has 12 heteroatoms. The lowest BCUT2D eigenvalue weighted by atomic mass is 9.47. The summed E-state index contributed by atoms with van der Waals surface area (Å²) in [6, 6.07) is 0. The molecule has 0 radical (unpaired) electrons. The van der Waals surface area contributed by atoms with Crippen LogP contribution in [0.1, 0.15) is 92.4 Å². The van der Waals surface area contributed by atoms with Gasteiger partial charge in [0.2, 0.25) is 0 Å². The second-order valence-corrected chi connectivity index (χ2v) is 18.4. The van der Waals surface area contributed by atoms with E-state index in [0.717, 1.165) is 38.6 Å². The van der Waals surface area contributed by atoms with Gasteiger partial charge in [0.15, 0.2) is 12.6 Å². The second-order valence-electron chi connectivity index (χ2n) is 18.4. The Morgan fingerprint density at radius 1 is 0.843 bits per heavy atom. The van der Waals surface area contributed by atoms with Gasteiger partial charge in [0.1, 0.15) is 48.5 Å². The molecular weight excluding hydrogens is 658 g/mol. The number of nitrogens with one attached hydrogen (secondary N) is 1. The average Bonchev–Trinajstić information content (AvgIpc) is 3.56. The van der Waals surface area contributed by atoms with Crippen LogP contribution in [0.15, 0.2) is 11.6 Å². The number of fused-ring (bicyclic) bond motifs is 7. The third kappa shape index (κ3) is 5.84. The van der Waals surface area contributed by atoms with Gasteiger partial charge in [-0.1, -0.05) is 39.3 Å². The van der Waals surface area contributed by atoms with Crippen LogP contribution in [0.3, 0.4) is 0 Å². The Morgan fingerprint density at radius 2 is 1.63 bits per heavy atom. The number of hydrogen-bond acceptors (Lipinski definition) is 12. The molecule has 7 N–H and O–H groups in total. The molecule has 12 nitrogen and oxygen atoms in total.